The average Bonchev–Trinajstić information content (AvgIpc) is 3.33. The summed E-state index contributed by atoms with van der Waals surface area (Å²) >= 11 is 6.34. The lowest BCUT2D eigenvalue weighted by Gasteiger charge is -2.47. The van der Waals surface area contributed by atoms with Crippen LogP contribution in [0.3, 0.4) is 0 Å². The van der Waals surface area contributed by atoms with Crippen LogP contribution in [0.2, 0.25) is 5.02 Å². The van der Waals surface area contributed by atoms with E-state index in [-0.39, 0.29) is 11.3 Å². The lowest BCUT2D eigenvalue weighted by atomic mass is 9.59. The van der Waals surface area contributed by atoms with Gasteiger partial charge in [-0.1, -0.05) is 31.5 Å². The molecule has 4 aliphatic carbocycles. The highest BCUT2D eigenvalue weighted by Gasteiger charge is 2.54. The highest BCUT2D eigenvalue weighted by atomic mass is 35.5. The molecule has 0 radical (unpaired) electrons. The Balaban J connectivity index is 1.01. The molecule has 2 fully saturated rings. The van der Waals surface area contributed by atoms with Crippen molar-refractivity contribution in [2.45, 2.75) is 126 Å². The number of benzene rings is 2. The van der Waals surface area contributed by atoms with Gasteiger partial charge in [0.25, 0.3) is 0 Å². The maximum Gasteiger partial charge on any atom is 0.329 e. The molecule has 9 nitrogen and oxygen atoms in total. The van der Waals surface area contributed by atoms with E-state index in [1.807, 2.05) is 43.6 Å². The zero-order valence-electron chi connectivity index (χ0n) is 34.4. The summed E-state index contributed by atoms with van der Waals surface area (Å²) in [6.07, 6.45) is 14.6. The van der Waals surface area contributed by atoms with E-state index >= 15 is 0 Å². The van der Waals surface area contributed by atoms with E-state index < -0.39 is 11.5 Å². The number of halogens is 1. The van der Waals surface area contributed by atoms with Crippen LogP contribution in [0, 0.1) is 17.8 Å². The Hall–Kier alpha value is -3.53. The number of pyridine rings is 1. The molecule has 4 atom stereocenters. The molecule has 5 aliphatic rings. The Morgan fingerprint density at radius 1 is 1.05 bits per heavy atom. The van der Waals surface area contributed by atoms with Crippen molar-refractivity contribution in [2.75, 3.05) is 45.8 Å². The number of aliphatic carboxylic acids is 1. The Morgan fingerprint density at radius 2 is 1.81 bits per heavy atom. The average molecular weight is 800 g/mol. The summed E-state index contributed by atoms with van der Waals surface area (Å²) < 4.78 is 25.5. The van der Waals surface area contributed by atoms with Gasteiger partial charge in [0.15, 0.2) is 11.5 Å². The zero-order valence-corrected chi connectivity index (χ0v) is 35.1. The predicted octanol–water partition coefficient (Wildman–Crippen LogP) is 9.48. The van der Waals surface area contributed by atoms with Crippen LogP contribution in [0.15, 0.2) is 48.7 Å². The van der Waals surface area contributed by atoms with E-state index in [0.717, 1.165) is 87.3 Å². The van der Waals surface area contributed by atoms with E-state index in [2.05, 4.69) is 43.2 Å². The van der Waals surface area contributed by atoms with Gasteiger partial charge < -0.3 is 34.3 Å². The molecule has 0 saturated heterocycles. The lowest BCUT2D eigenvalue weighted by molar-refractivity contribution is -0.144. The van der Waals surface area contributed by atoms with Gasteiger partial charge in [-0.05, 0) is 161 Å². The number of carbonyl (C=O) groups is 1. The molecule has 2 saturated carbocycles. The third-order valence-electron chi connectivity index (χ3n) is 14.4. The summed E-state index contributed by atoms with van der Waals surface area (Å²) in [6, 6.07) is 14.5. The number of aryl methyl sites for hydroxylation is 1. The normalized spacial score (nSPS) is 30.0. The summed E-state index contributed by atoms with van der Waals surface area (Å²) in [7, 11) is 4.07. The van der Waals surface area contributed by atoms with Crippen molar-refractivity contribution in [2.24, 2.45) is 17.8 Å². The molecule has 2 heterocycles. The van der Waals surface area contributed by atoms with Crippen molar-refractivity contribution in [3.8, 4) is 17.2 Å². The predicted molar refractivity (Wildman–Crippen MR) is 224 cm³/mol. The summed E-state index contributed by atoms with van der Waals surface area (Å²) in [5.41, 5.74) is 4.57. The summed E-state index contributed by atoms with van der Waals surface area (Å²) in [6.45, 7) is 7.39. The number of fused-ring (bicyclic) bond motifs is 4. The van der Waals surface area contributed by atoms with Crippen molar-refractivity contribution in [3.05, 3.63) is 76.1 Å². The topological polar surface area (TPSA) is 102 Å². The number of hydrogen-bond donors (Lipinski definition) is 2. The van der Waals surface area contributed by atoms with E-state index in [1.165, 1.54) is 35.2 Å². The zero-order chi connectivity index (χ0) is 39.7. The Bertz CT molecular complexity index is 1890. The maximum atomic E-state index is 13.1. The van der Waals surface area contributed by atoms with Crippen LogP contribution in [-0.4, -0.2) is 79.2 Å². The van der Waals surface area contributed by atoms with Crippen molar-refractivity contribution >= 4 is 23.3 Å². The first-order valence-electron chi connectivity index (χ1n) is 21.6. The van der Waals surface area contributed by atoms with Gasteiger partial charge in [0, 0.05) is 53.8 Å². The first-order valence-corrected chi connectivity index (χ1v) is 22.0. The maximum absolute atomic E-state index is 13.1. The quantitative estimate of drug-likeness (QED) is 0.186. The fourth-order valence-electron chi connectivity index (χ4n) is 11.2. The number of anilines is 1. The molecular formula is C47H62ClN3O6. The number of hydrogen-bond acceptors (Lipinski definition) is 8. The van der Waals surface area contributed by atoms with Gasteiger partial charge in [-0.15, -0.1) is 0 Å². The first kappa shape index (κ1) is 40.3. The number of methoxy groups -OCH3 is 1. The van der Waals surface area contributed by atoms with E-state index in [1.54, 1.807) is 0 Å². The summed E-state index contributed by atoms with van der Waals surface area (Å²) in [4.78, 5) is 20.3. The van der Waals surface area contributed by atoms with Gasteiger partial charge in [-0.25, -0.2) is 4.79 Å². The van der Waals surface area contributed by atoms with Gasteiger partial charge in [-0.2, -0.15) is 0 Å². The minimum Gasteiger partial charge on any atom is -0.493 e. The molecule has 1 aliphatic heterocycles. The molecule has 8 rings (SSSR count). The second-order valence-electron chi connectivity index (χ2n) is 18.2. The monoisotopic (exact) mass is 799 g/mol. The Morgan fingerprint density at radius 3 is 2.53 bits per heavy atom. The molecular weight excluding hydrogens is 738 g/mol. The highest BCUT2D eigenvalue weighted by Crippen LogP contribution is 2.58. The molecule has 57 heavy (non-hydrogen) atoms. The van der Waals surface area contributed by atoms with Gasteiger partial charge in [0.05, 0.1) is 25.9 Å². The van der Waals surface area contributed by atoms with Gasteiger partial charge >= 0.3 is 5.97 Å². The largest absolute Gasteiger partial charge is 0.493 e. The highest BCUT2D eigenvalue weighted by molar-refractivity contribution is 6.30. The number of carboxylic acids is 1. The van der Waals surface area contributed by atoms with Crippen LogP contribution >= 0.6 is 11.6 Å². The molecule has 10 heteroatoms. The molecule has 1 aromatic heterocycles. The van der Waals surface area contributed by atoms with Gasteiger partial charge in [0.1, 0.15) is 11.3 Å². The fourth-order valence-corrected chi connectivity index (χ4v) is 11.4. The van der Waals surface area contributed by atoms with Crippen LogP contribution in [-0.2, 0) is 27.8 Å². The molecule has 308 valence electrons. The smallest absolute Gasteiger partial charge is 0.329 e. The number of nitrogens with one attached hydrogen (secondary N) is 1. The third-order valence-corrected chi connectivity index (χ3v) is 14.7. The second-order valence-corrected chi connectivity index (χ2v) is 18.7. The van der Waals surface area contributed by atoms with Crippen molar-refractivity contribution in [1.29, 1.82) is 0 Å². The van der Waals surface area contributed by atoms with Crippen molar-refractivity contribution < 1.29 is 28.8 Å². The van der Waals surface area contributed by atoms with Crippen LogP contribution < -0.4 is 19.5 Å². The Labute approximate surface area is 344 Å². The second kappa shape index (κ2) is 17.0. The molecule has 2 N–H and O–H groups in total. The minimum atomic E-state index is -1.08. The third kappa shape index (κ3) is 8.36. The minimum absolute atomic E-state index is 0.186. The lowest BCUT2D eigenvalue weighted by Crippen LogP contribution is -2.53. The van der Waals surface area contributed by atoms with E-state index in [0.29, 0.717) is 67.6 Å². The van der Waals surface area contributed by atoms with Crippen LogP contribution in [0.1, 0.15) is 113 Å². The number of nitrogens with zero attached hydrogens (tertiary/aromatic N) is 2. The van der Waals surface area contributed by atoms with Crippen LogP contribution in [0.5, 0.6) is 17.2 Å². The summed E-state index contributed by atoms with van der Waals surface area (Å²) in [5.74, 6) is 3.17. The number of ether oxygens (including phenoxy) is 4. The standard InChI is InChI=1S/C47H62ClN3O6/c1-30(27-55-41-15-20-49-40-10-5-7-31(2)44(40)41)21-34-22-33-23-42-43(57-29-32(28-56-42)26-51(3)37-11-13-38(54-4)14-12-37)25-39(33)46(34)16-18-47(19-17-46,45(52)53)50-36-9-6-8-35(48)24-36/h6,8-9,15,20,23-25,30-32,34,37-38,50H,5,7,10-14,16-19,21-22,26-29H2,1-4H3,(H,52,53)/t30-,31-,32?,34+,37?,38?,46?,47?/m1/s1. The first-order chi connectivity index (χ1) is 27.6. The number of rotatable bonds is 12. The van der Waals surface area contributed by atoms with Gasteiger partial charge in [-0.3, -0.25) is 4.98 Å². The molecule has 1 unspecified atom stereocenters. The van der Waals surface area contributed by atoms with Crippen molar-refractivity contribution in [3.63, 3.8) is 0 Å². The van der Waals surface area contributed by atoms with Gasteiger partial charge in [0.2, 0.25) is 0 Å². The SMILES string of the molecule is COC1CCC(N(C)CC2COc3cc4c(cc3OC2)C2(CCC(Nc3cccc(Cl)c3)(C(=O)O)CC2)[C@@H](C[C@@H](C)COc2ccnc3c2[C@H](C)CCC3)C4)CC1. The van der Waals surface area contributed by atoms with E-state index in [9.17, 15) is 9.90 Å². The van der Waals surface area contributed by atoms with Crippen LogP contribution in [0.25, 0.3) is 0 Å². The van der Waals surface area contributed by atoms with E-state index in [4.69, 9.17) is 35.5 Å². The number of carboxylic acid groups (broad SMARTS) is 1. The molecule has 1 spiro atoms. The Kier molecular flexibility index (Phi) is 12.0. The molecule has 3 aromatic rings. The van der Waals surface area contributed by atoms with Crippen molar-refractivity contribution in [1.82, 2.24) is 9.88 Å². The van der Waals surface area contributed by atoms with Crippen LogP contribution in [0.4, 0.5) is 5.69 Å². The molecule has 2 aromatic carbocycles. The fraction of sp³-hybridized carbons (Fsp3) is 0.617. The molecule has 0 amide bonds. The molecule has 0 bridgehead atoms. The summed E-state index contributed by atoms with van der Waals surface area (Å²) in [5, 5.41) is 14.8. The number of aromatic nitrogens is 1.